The number of phenolic OH excluding ortho intramolecular Hbond substituents is 1. The van der Waals surface area contributed by atoms with E-state index in [0.717, 1.165) is 21.7 Å². The number of ether oxygens (including phenoxy) is 1. The molecule has 4 aromatic rings. The van der Waals surface area contributed by atoms with Gasteiger partial charge in [0.2, 0.25) is 11.8 Å². The molecule has 252 valence electrons. The molecule has 1 saturated carbocycles. The maximum absolute atomic E-state index is 15.3. The van der Waals surface area contributed by atoms with Crippen molar-refractivity contribution in [2.75, 3.05) is 12.5 Å². The normalized spacial score (nSPS) is 27.1. The molecule has 4 amide bonds. The van der Waals surface area contributed by atoms with Gasteiger partial charge in [-0.25, -0.2) is 0 Å². The van der Waals surface area contributed by atoms with Crippen molar-refractivity contribution in [3.8, 4) is 11.5 Å². The third kappa shape index (κ3) is 4.67. The number of anilines is 1. The van der Waals surface area contributed by atoms with Crippen molar-refractivity contribution in [2.24, 2.45) is 23.7 Å². The monoisotopic (exact) mass is 667 g/mol. The maximum Gasteiger partial charge on any atom is 0.260 e. The summed E-state index contributed by atoms with van der Waals surface area (Å²) in [5.41, 5.74) is 6.28. The zero-order valence-electron chi connectivity index (χ0n) is 27.8. The standard InChI is InChI=1S/C41H37N3O6/c1-24-13-15-27(16-14-24)42-44-38(47)33-22-32-29(19-20-31-35(32)39(48)43(37(31)46)23-25-9-5-3-6-10-25)36(30-18-17-28(45)21-34(30)50-2)41(33,40(44)49)26-11-7-4-8-12-26/h3-19,21,31-33,35-36,42,45H,20,22-23H2,1-2H3. The highest BCUT2D eigenvalue weighted by atomic mass is 16.5. The summed E-state index contributed by atoms with van der Waals surface area (Å²) < 4.78 is 5.85. The van der Waals surface area contributed by atoms with E-state index < -0.39 is 46.8 Å². The van der Waals surface area contributed by atoms with Crippen molar-refractivity contribution >= 4 is 29.3 Å². The summed E-state index contributed by atoms with van der Waals surface area (Å²) in [4.78, 5) is 59.7. The second-order valence-electron chi connectivity index (χ2n) is 13.8. The summed E-state index contributed by atoms with van der Waals surface area (Å²) in [6.07, 6.45) is 2.55. The summed E-state index contributed by atoms with van der Waals surface area (Å²) in [5, 5.41) is 11.6. The summed E-state index contributed by atoms with van der Waals surface area (Å²) in [7, 11) is 1.50. The number of aryl methyl sites for hydroxylation is 1. The fourth-order valence-electron chi connectivity index (χ4n) is 9.02. The Bertz CT molecular complexity index is 2050. The molecule has 0 radical (unpaired) electrons. The fraction of sp³-hybridized carbons (Fsp3) is 0.268. The van der Waals surface area contributed by atoms with E-state index >= 15 is 4.79 Å². The van der Waals surface area contributed by atoms with Gasteiger partial charge in [-0.3, -0.25) is 29.5 Å². The predicted octanol–water partition coefficient (Wildman–Crippen LogP) is 5.89. The minimum Gasteiger partial charge on any atom is -0.508 e. The minimum absolute atomic E-state index is 0.00873. The first kappa shape index (κ1) is 31.6. The highest BCUT2D eigenvalue weighted by Crippen LogP contribution is 2.65. The lowest BCUT2D eigenvalue weighted by Crippen LogP contribution is -2.53. The number of allylic oxidation sites excluding steroid dienone is 2. The lowest BCUT2D eigenvalue weighted by Gasteiger charge is -2.50. The SMILES string of the molecule is COc1cc(O)ccc1C1C2=CCC3C(=O)N(Cc4ccccc4)C(=O)C3C2CC2C(=O)N(Nc3ccc(C)cc3)C(=O)C21c1ccccc1. The van der Waals surface area contributed by atoms with Crippen LogP contribution in [0, 0.1) is 30.6 Å². The van der Waals surface area contributed by atoms with Crippen molar-refractivity contribution < 1.29 is 29.0 Å². The van der Waals surface area contributed by atoms with Gasteiger partial charge in [-0.2, -0.15) is 5.01 Å². The first-order valence-corrected chi connectivity index (χ1v) is 17.0. The number of carbonyl (C=O) groups is 4. The van der Waals surface area contributed by atoms with Crippen LogP contribution in [0.3, 0.4) is 0 Å². The Labute approximate surface area is 290 Å². The summed E-state index contributed by atoms with van der Waals surface area (Å²) in [6, 6.07) is 31.1. The number of fused-ring (bicyclic) bond motifs is 4. The van der Waals surface area contributed by atoms with Gasteiger partial charge in [-0.05, 0) is 55.0 Å². The van der Waals surface area contributed by atoms with Gasteiger partial charge in [0.05, 0.1) is 42.5 Å². The van der Waals surface area contributed by atoms with Gasteiger partial charge >= 0.3 is 0 Å². The molecule has 0 bridgehead atoms. The van der Waals surface area contributed by atoms with E-state index in [4.69, 9.17) is 4.74 Å². The number of aromatic hydroxyl groups is 1. The summed E-state index contributed by atoms with van der Waals surface area (Å²) >= 11 is 0. The van der Waals surface area contributed by atoms with Crippen molar-refractivity contribution in [3.05, 3.63) is 137 Å². The molecular formula is C41H37N3O6. The number of carbonyl (C=O) groups excluding carboxylic acids is 4. The Morgan fingerprint density at radius 2 is 1.54 bits per heavy atom. The Kier molecular flexibility index (Phi) is 7.58. The topological polar surface area (TPSA) is 116 Å². The third-order valence-electron chi connectivity index (χ3n) is 11.2. The molecule has 6 atom stereocenters. The number of methoxy groups -OCH3 is 1. The average Bonchev–Trinajstić information content (AvgIpc) is 3.50. The highest BCUT2D eigenvalue weighted by Gasteiger charge is 2.70. The quantitative estimate of drug-likeness (QED) is 0.186. The molecule has 2 N–H and O–H groups in total. The number of rotatable bonds is 7. The highest BCUT2D eigenvalue weighted by molar-refractivity contribution is 6.13. The zero-order chi connectivity index (χ0) is 34.7. The van der Waals surface area contributed by atoms with E-state index in [-0.39, 0.29) is 30.5 Å². The average molecular weight is 668 g/mol. The molecule has 2 aliphatic heterocycles. The van der Waals surface area contributed by atoms with Gasteiger partial charge in [-0.1, -0.05) is 96.1 Å². The second kappa shape index (κ2) is 12.0. The number of amides is 4. The summed E-state index contributed by atoms with van der Waals surface area (Å²) in [6.45, 7) is 2.13. The molecule has 4 aliphatic rings. The first-order chi connectivity index (χ1) is 24.2. The van der Waals surface area contributed by atoms with Crippen LogP contribution in [0.15, 0.2) is 115 Å². The number of hydrogen-bond acceptors (Lipinski definition) is 7. The summed E-state index contributed by atoms with van der Waals surface area (Å²) in [5.74, 6) is -4.32. The Morgan fingerprint density at radius 1 is 0.840 bits per heavy atom. The van der Waals surface area contributed by atoms with Crippen molar-refractivity contribution in [2.45, 2.75) is 37.6 Å². The lowest BCUT2D eigenvalue weighted by molar-refractivity contribution is -0.142. The number of nitrogens with zero attached hydrogens (tertiary/aromatic N) is 2. The smallest absolute Gasteiger partial charge is 0.260 e. The van der Waals surface area contributed by atoms with E-state index in [9.17, 15) is 19.5 Å². The van der Waals surface area contributed by atoms with Crippen molar-refractivity contribution in [3.63, 3.8) is 0 Å². The van der Waals surface area contributed by atoms with E-state index in [1.165, 1.54) is 18.1 Å². The van der Waals surface area contributed by atoms with Crippen molar-refractivity contribution in [1.29, 1.82) is 0 Å². The van der Waals surface area contributed by atoms with Crippen LogP contribution in [0.2, 0.25) is 0 Å². The third-order valence-corrected chi connectivity index (χ3v) is 11.2. The molecule has 2 heterocycles. The predicted molar refractivity (Wildman–Crippen MR) is 185 cm³/mol. The molecule has 6 unspecified atom stereocenters. The number of benzene rings is 4. The number of hydrogen-bond donors (Lipinski definition) is 2. The molecule has 8 rings (SSSR count). The number of imide groups is 2. The molecule has 9 nitrogen and oxygen atoms in total. The number of likely N-dealkylation sites (tertiary alicyclic amines) is 1. The molecule has 2 aliphatic carbocycles. The van der Waals surface area contributed by atoms with Gasteiger partial charge in [0, 0.05) is 17.5 Å². The Morgan fingerprint density at radius 3 is 2.24 bits per heavy atom. The van der Waals surface area contributed by atoms with Gasteiger partial charge in [-0.15, -0.1) is 0 Å². The molecule has 2 saturated heterocycles. The molecule has 4 aromatic carbocycles. The fourth-order valence-corrected chi connectivity index (χ4v) is 9.02. The van der Waals surface area contributed by atoms with E-state index in [1.807, 2.05) is 97.9 Å². The minimum atomic E-state index is -1.43. The van der Waals surface area contributed by atoms with Crippen LogP contribution in [0.25, 0.3) is 0 Å². The van der Waals surface area contributed by atoms with Crippen LogP contribution >= 0.6 is 0 Å². The molecule has 0 aromatic heterocycles. The van der Waals surface area contributed by atoms with Crippen LogP contribution in [-0.2, 0) is 31.1 Å². The maximum atomic E-state index is 15.3. The van der Waals surface area contributed by atoms with E-state index in [1.54, 1.807) is 12.1 Å². The number of phenols is 1. The lowest BCUT2D eigenvalue weighted by atomic mass is 9.49. The number of hydrazine groups is 1. The zero-order valence-corrected chi connectivity index (χ0v) is 27.8. The first-order valence-electron chi connectivity index (χ1n) is 17.0. The Balaban J connectivity index is 1.31. The van der Waals surface area contributed by atoms with Gasteiger partial charge in [0.1, 0.15) is 11.5 Å². The van der Waals surface area contributed by atoms with Crippen molar-refractivity contribution in [1.82, 2.24) is 9.91 Å². The molecule has 9 heteroatoms. The molecule has 50 heavy (non-hydrogen) atoms. The van der Waals surface area contributed by atoms with E-state index in [2.05, 4.69) is 5.43 Å². The largest absolute Gasteiger partial charge is 0.508 e. The number of nitrogens with one attached hydrogen (secondary N) is 1. The van der Waals surface area contributed by atoms with Gasteiger partial charge in [0.15, 0.2) is 0 Å². The van der Waals surface area contributed by atoms with Gasteiger partial charge in [0.25, 0.3) is 11.8 Å². The molecule has 0 spiro atoms. The van der Waals surface area contributed by atoms with Gasteiger partial charge < -0.3 is 9.84 Å². The Hall–Kier alpha value is -5.70. The van der Waals surface area contributed by atoms with Crippen LogP contribution in [0.5, 0.6) is 11.5 Å². The van der Waals surface area contributed by atoms with Crippen LogP contribution < -0.4 is 10.2 Å². The van der Waals surface area contributed by atoms with E-state index in [0.29, 0.717) is 29.0 Å². The van der Waals surface area contributed by atoms with Crippen LogP contribution in [0.1, 0.15) is 41.0 Å². The second-order valence-corrected chi connectivity index (χ2v) is 13.8. The molecule has 3 fully saturated rings. The molecular weight excluding hydrogens is 630 g/mol. The van der Waals surface area contributed by atoms with Crippen LogP contribution in [0.4, 0.5) is 5.69 Å². The van der Waals surface area contributed by atoms with Crippen LogP contribution in [-0.4, -0.2) is 45.8 Å².